The molecule has 126 valence electrons. The van der Waals surface area contributed by atoms with Gasteiger partial charge in [-0.1, -0.05) is 11.3 Å². The van der Waals surface area contributed by atoms with Crippen molar-refractivity contribution < 1.29 is 22.7 Å². The van der Waals surface area contributed by atoms with Crippen molar-refractivity contribution in [3.05, 3.63) is 59.7 Å². The molecule has 1 N–H and O–H groups in total. The van der Waals surface area contributed by atoms with E-state index in [0.29, 0.717) is 11.3 Å². The lowest BCUT2D eigenvalue weighted by Gasteiger charge is -2.07. The standard InChI is InChI=1S/C16H14F3N3O2/c1-2-24-15(23)11-6-8-13(9-7-11)20-22-21-14-5-3-4-12(10-14)16(17,18)19/h3-10H,2H2,1H3,(H,20,21). The molecule has 24 heavy (non-hydrogen) atoms. The van der Waals surface area contributed by atoms with E-state index >= 15 is 0 Å². The van der Waals surface area contributed by atoms with Crippen LogP contribution in [0.1, 0.15) is 22.8 Å². The molecule has 5 nitrogen and oxygen atoms in total. The topological polar surface area (TPSA) is 63.0 Å². The number of alkyl halides is 3. The zero-order valence-electron chi connectivity index (χ0n) is 12.7. The summed E-state index contributed by atoms with van der Waals surface area (Å²) in [7, 11) is 0. The average molecular weight is 337 g/mol. The molecule has 0 aromatic heterocycles. The molecule has 0 unspecified atom stereocenters. The summed E-state index contributed by atoms with van der Waals surface area (Å²) in [6.07, 6.45) is -4.42. The van der Waals surface area contributed by atoms with Gasteiger partial charge < -0.3 is 4.74 Å². The fourth-order valence-electron chi connectivity index (χ4n) is 1.78. The van der Waals surface area contributed by atoms with E-state index < -0.39 is 17.7 Å². The molecule has 0 atom stereocenters. The van der Waals surface area contributed by atoms with E-state index in [-0.39, 0.29) is 12.3 Å². The van der Waals surface area contributed by atoms with Crippen molar-refractivity contribution in [1.82, 2.24) is 0 Å². The number of carbonyl (C=O) groups excluding carboxylic acids is 1. The molecular weight excluding hydrogens is 323 g/mol. The summed E-state index contributed by atoms with van der Waals surface area (Å²) >= 11 is 0. The lowest BCUT2D eigenvalue weighted by Crippen LogP contribution is -2.04. The first-order valence-electron chi connectivity index (χ1n) is 7.01. The highest BCUT2D eigenvalue weighted by Crippen LogP contribution is 2.30. The van der Waals surface area contributed by atoms with Gasteiger partial charge in [0.15, 0.2) is 0 Å². The Hall–Kier alpha value is -2.90. The quantitative estimate of drug-likeness (QED) is 0.475. The molecule has 2 rings (SSSR count). The largest absolute Gasteiger partial charge is 0.462 e. The zero-order chi connectivity index (χ0) is 17.6. The van der Waals surface area contributed by atoms with Gasteiger partial charge in [0, 0.05) is 0 Å². The van der Waals surface area contributed by atoms with E-state index in [9.17, 15) is 18.0 Å². The van der Waals surface area contributed by atoms with Crippen LogP contribution in [0.3, 0.4) is 0 Å². The first kappa shape index (κ1) is 17.5. The second-order valence-corrected chi connectivity index (χ2v) is 4.66. The molecule has 0 aliphatic rings. The van der Waals surface area contributed by atoms with Crippen molar-refractivity contribution in [2.45, 2.75) is 13.1 Å². The van der Waals surface area contributed by atoms with Crippen LogP contribution in [0.4, 0.5) is 24.5 Å². The summed E-state index contributed by atoms with van der Waals surface area (Å²) in [5, 5.41) is 7.46. The van der Waals surface area contributed by atoms with Gasteiger partial charge in [-0.05, 0) is 49.4 Å². The van der Waals surface area contributed by atoms with Gasteiger partial charge in [0.05, 0.1) is 29.1 Å². The minimum Gasteiger partial charge on any atom is -0.462 e. The van der Waals surface area contributed by atoms with Crippen molar-refractivity contribution in [2.75, 3.05) is 12.0 Å². The fraction of sp³-hybridized carbons (Fsp3) is 0.188. The van der Waals surface area contributed by atoms with Gasteiger partial charge >= 0.3 is 12.1 Å². The van der Waals surface area contributed by atoms with E-state index in [2.05, 4.69) is 15.8 Å². The first-order chi connectivity index (χ1) is 11.4. The SMILES string of the molecule is CCOC(=O)c1ccc(N=NNc2cccc(C(F)(F)F)c2)cc1. The third-order valence-corrected chi connectivity index (χ3v) is 2.91. The normalized spacial score (nSPS) is 11.5. The summed E-state index contributed by atoms with van der Waals surface area (Å²) < 4.78 is 42.6. The Morgan fingerprint density at radius 2 is 1.88 bits per heavy atom. The number of esters is 1. The van der Waals surface area contributed by atoms with Crippen molar-refractivity contribution in [3.63, 3.8) is 0 Å². The fourth-order valence-corrected chi connectivity index (χ4v) is 1.78. The van der Waals surface area contributed by atoms with Crippen LogP contribution in [0.15, 0.2) is 58.9 Å². The number of ether oxygens (including phenoxy) is 1. The molecule has 0 fully saturated rings. The van der Waals surface area contributed by atoms with Crippen LogP contribution < -0.4 is 5.43 Å². The summed E-state index contributed by atoms with van der Waals surface area (Å²) in [4.78, 5) is 11.5. The Kier molecular flexibility index (Phi) is 5.51. The van der Waals surface area contributed by atoms with Crippen LogP contribution in [0.5, 0.6) is 0 Å². The van der Waals surface area contributed by atoms with Gasteiger partial charge in [-0.2, -0.15) is 13.2 Å². The second-order valence-electron chi connectivity index (χ2n) is 4.66. The molecule has 0 saturated heterocycles. The number of hydrogen-bond acceptors (Lipinski definition) is 4. The van der Waals surface area contributed by atoms with Crippen molar-refractivity contribution in [3.8, 4) is 0 Å². The monoisotopic (exact) mass is 337 g/mol. The minimum atomic E-state index is -4.42. The van der Waals surface area contributed by atoms with Crippen molar-refractivity contribution in [1.29, 1.82) is 0 Å². The molecular formula is C16H14F3N3O2. The molecule has 0 spiro atoms. The molecule has 8 heteroatoms. The summed E-state index contributed by atoms with van der Waals surface area (Å²) in [5.41, 5.74) is 2.63. The summed E-state index contributed by atoms with van der Waals surface area (Å²) in [5.74, 6) is -0.442. The molecule has 0 aliphatic carbocycles. The number of rotatable bonds is 5. The highest BCUT2D eigenvalue weighted by Gasteiger charge is 2.30. The highest BCUT2D eigenvalue weighted by molar-refractivity contribution is 5.89. The van der Waals surface area contributed by atoms with Crippen LogP contribution in [-0.4, -0.2) is 12.6 Å². The summed E-state index contributed by atoms with van der Waals surface area (Å²) in [6, 6.07) is 10.8. The maximum Gasteiger partial charge on any atom is 0.416 e. The van der Waals surface area contributed by atoms with Gasteiger partial charge in [-0.25, -0.2) is 4.79 Å². The average Bonchev–Trinajstić information content (AvgIpc) is 2.55. The Labute approximate surface area is 136 Å². The Bertz CT molecular complexity index is 728. The third kappa shape index (κ3) is 4.80. The third-order valence-electron chi connectivity index (χ3n) is 2.91. The van der Waals surface area contributed by atoms with E-state index in [0.717, 1.165) is 12.1 Å². The number of nitrogens with one attached hydrogen (secondary N) is 1. The van der Waals surface area contributed by atoms with Crippen LogP contribution in [-0.2, 0) is 10.9 Å². The maximum atomic E-state index is 12.6. The molecule has 2 aromatic carbocycles. The van der Waals surface area contributed by atoms with E-state index in [4.69, 9.17) is 4.74 Å². The molecule has 0 heterocycles. The molecule has 0 radical (unpaired) electrons. The molecule has 2 aromatic rings. The van der Waals surface area contributed by atoms with Gasteiger partial charge in [0.1, 0.15) is 0 Å². The Morgan fingerprint density at radius 1 is 1.17 bits per heavy atom. The summed E-state index contributed by atoms with van der Waals surface area (Å²) in [6.45, 7) is 1.99. The maximum absolute atomic E-state index is 12.6. The smallest absolute Gasteiger partial charge is 0.416 e. The van der Waals surface area contributed by atoms with E-state index in [1.807, 2.05) is 0 Å². The number of benzene rings is 2. The Balaban J connectivity index is 2.00. The van der Waals surface area contributed by atoms with Gasteiger partial charge in [0.25, 0.3) is 0 Å². The predicted molar refractivity (Wildman–Crippen MR) is 82.0 cm³/mol. The Morgan fingerprint density at radius 3 is 2.50 bits per heavy atom. The number of anilines is 1. The molecule has 0 amide bonds. The molecule has 0 bridgehead atoms. The highest BCUT2D eigenvalue weighted by atomic mass is 19.4. The van der Waals surface area contributed by atoms with Gasteiger partial charge in [-0.15, -0.1) is 5.11 Å². The minimum absolute atomic E-state index is 0.164. The number of carbonyl (C=O) groups is 1. The van der Waals surface area contributed by atoms with E-state index in [1.165, 1.54) is 24.3 Å². The predicted octanol–water partition coefficient (Wildman–Crippen LogP) is 4.99. The van der Waals surface area contributed by atoms with Gasteiger partial charge in [0.2, 0.25) is 0 Å². The zero-order valence-corrected chi connectivity index (χ0v) is 12.7. The number of nitrogens with zero attached hydrogens (tertiary/aromatic N) is 2. The van der Waals surface area contributed by atoms with E-state index in [1.54, 1.807) is 19.1 Å². The van der Waals surface area contributed by atoms with Crippen LogP contribution >= 0.6 is 0 Å². The first-order valence-corrected chi connectivity index (χ1v) is 7.01. The number of halogens is 3. The van der Waals surface area contributed by atoms with Crippen LogP contribution in [0, 0.1) is 0 Å². The van der Waals surface area contributed by atoms with Crippen LogP contribution in [0.2, 0.25) is 0 Å². The molecule has 0 saturated carbocycles. The van der Waals surface area contributed by atoms with Crippen molar-refractivity contribution >= 4 is 17.3 Å². The second kappa shape index (κ2) is 7.58. The van der Waals surface area contributed by atoms with Crippen LogP contribution in [0.25, 0.3) is 0 Å². The van der Waals surface area contributed by atoms with Gasteiger partial charge in [-0.3, -0.25) is 5.43 Å². The molecule has 0 aliphatic heterocycles. The number of hydrogen-bond donors (Lipinski definition) is 1. The van der Waals surface area contributed by atoms with Crippen molar-refractivity contribution in [2.24, 2.45) is 10.3 Å². The lowest BCUT2D eigenvalue weighted by atomic mass is 10.2. The lowest BCUT2D eigenvalue weighted by molar-refractivity contribution is -0.137.